The van der Waals surface area contributed by atoms with Crippen LogP contribution in [0.25, 0.3) is 0 Å². The average Bonchev–Trinajstić information content (AvgIpc) is 2.20. The van der Waals surface area contributed by atoms with Gasteiger partial charge < -0.3 is 14.9 Å². The maximum atomic E-state index is 9.65. The molecule has 0 amide bonds. The summed E-state index contributed by atoms with van der Waals surface area (Å²) in [5.74, 6) is 0. The molecule has 90 valence electrons. The van der Waals surface area contributed by atoms with E-state index in [0.717, 1.165) is 12.8 Å². The van der Waals surface area contributed by atoms with Crippen LogP contribution in [-0.4, -0.2) is 39.5 Å². The van der Waals surface area contributed by atoms with Gasteiger partial charge in [-0.3, -0.25) is 0 Å². The van der Waals surface area contributed by atoms with Gasteiger partial charge in [-0.05, 0) is 26.2 Å². The molecule has 2 N–H and O–H groups in total. The van der Waals surface area contributed by atoms with E-state index >= 15 is 0 Å². The molecule has 0 aromatic heterocycles. The minimum atomic E-state index is -0.642. The summed E-state index contributed by atoms with van der Waals surface area (Å²) in [6, 6.07) is 0. The summed E-state index contributed by atoms with van der Waals surface area (Å²) in [5, 5.41) is 19.2. The lowest BCUT2D eigenvalue weighted by Crippen LogP contribution is -2.38. The second kappa shape index (κ2) is 6.18. The van der Waals surface area contributed by atoms with E-state index < -0.39 is 12.2 Å². The van der Waals surface area contributed by atoms with Crippen LogP contribution in [0.1, 0.15) is 39.5 Å². The third-order valence-corrected chi connectivity index (χ3v) is 4.20. The van der Waals surface area contributed by atoms with E-state index in [2.05, 4.69) is 22.9 Å². The van der Waals surface area contributed by atoms with Crippen LogP contribution in [0.5, 0.6) is 0 Å². The number of alkyl halides is 1. The molecule has 0 unspecified atom stereocenters. The molecule has 1 aliphatic rings. The third-order valence-electron chi connectivity index (χ3n) is 2.97. The van der Waals surface area contributed by atoms with Gasteiger partial charge in [0.05, 0.1) is 24.4 Å². The summed E-state index contributed by atoms with van der Waals surface area (Å²) in [6.07, 6.45) is 1.84. The first kappa shape index (κ1) is 13.4. The summed E-state index contributed by atoms with van der Waals surface area (Å²) < 4.78 is 5.84. The summed E-state index contributed by atoms with van der Waals surface area (Å²) in [7, 11) is 0. The first-order chi connectivity index (χ1) is 7.04. The second-order valence-corrected chi connectivity index (χ2v) is 5.53. The van der Waals surface area contributed by atoms with E-state index in [1.807, 2.05) is 6.92 Å². The maximum Gasteiger partial charge on any atom is 0.0823 e. The molecule has 0 radical (unpaired) electrons. The lowest BCUT2D eigenvalue weighted by Gasteiger charge is -2.32. The molecule has 1 heterocycles. The van der Waals surface area contributed by atoms with Gasteiger partial charge in [0.2, 0.25) is 0 Å². The van der Waals surface area contributed by atoms with E-state index in [1.54, 1.807) is 0 Å². The van der Waals surface area contributed by atoms with Crippen LogP contribution in [0.15, 0.2) is 0 Å². The highest BCUT2D eigenvalue weighted by atomic mass is 79.9. The Morgan fingerprint density at radius 1 is 1.33 bits per heavy atom. The number of ether oxygens (including phenoxy) is 1. The van der Waals surface area contributed by atoms with Crippen LogP contribution in [-0.2, 0) is 4.74 Å². The van der Waals surface area contributed by atoms with Crippen molar-refractivity contribution >= 4 is 15.9 Å². The first-order valence-electron chi connectivity index (χ1n) is 5.70. The Morgan fingerprint density at radius 3 is 2.60 bits per heavy atom. The smallest absolute Gasteiger partial charge is 0.0823 e. The molecule has 1 fully saturated rings. The fraction of sp³-hybridized carbons (Fsp3) is 1.00. The Labute approximate surface area is 100.0 Å². The largest absolute Gasteiger partial charge is 0.390 e. The highest BCUT2D eigenvalue weighted by molar-refractivity contribution is 9.09. The molecule has 0 aromatic rings. The third kappa shape index (κ3) is 4.02. The van der Waals surface area contributed by atoms with E-state index in [0.29, 0.717) is 17.7 Å². The van der Waals surface area contributed by atoms with Crippen LogP contribution in [0.4, 0.5) is 0 Å². The van der Waals surface area contributed by atoms with E-state index in [1.165, 1.54) is 0 Å². The molecule has 0 aliphatic carbocycles. The lowest BCUT2D eigenvalue weighted by molar-refractivity contribution is -0.0839. The Bertz CT molecular complexity index is 189. The Balaban J connectivity index is 2.55. The summed E-state index contributed by atoms with van der Waals surface area (Å²) in [6.45, 7) is 4.06. The van der Waals surface area contributed by atoms with Crippen molar-refractivity contribution in [3.8, 4) is 0 Å². The van der Waals surface area contributed by atoms with Gasteiger partial charge in [-0.25, -0.2) is 0 Å². The van der Waals surface area contributed by atoms with Crippen LogP contribution in [0.2, 0.25) is 0 Å². The highest BCUT2D eigenvalue weighted by Gasteiger charge is 2.28. The van der Waals surface area contributed by atoms with Crippen molar-refractivity contribution in [2.24, 2.45) is 0 Å². The van der Waals surface area contributed by atoms with E-state index in [4.69, 9.17) is 4.74 Å². The number of rotatable bonds is 2. The molecule has 1 saturated heterocycles. The summed E-state index contributed by atoms with van der Waals surface area (Å²) >= 11 is 3.59. The normalized spacial score (nSPS) is 40.6. The summed E-state index contributed by atoms with van der Waals surface area (Å²) in [5.41, 5.74) is 0. The number of aliphatic hydroxyl groups excluding tert-OH is 2. The fourth-order valence-electron chi connectivity index (χ4n) is 1.98. The molecule has 4 heteroatoms. The average molecular weight is 281 g/mol. The van der Waals surface area contributed by atoms with Gasteiger partial charge in [0.15, 0.2) is 0 Å². The zero-order chi connectivity index (χ0) is 11.4. The lowest BCUT2D eigenvalue weighted by atomic mass is 9.97. The van der Waals surface area contributed by atoms with Crippen molar-refractivity contribution in [3.05, 3.63) is 0 Å². The topological polar surface area (TPSA) is 49.7 Å². The molecule has 1 rings (SSSR count). The quantitative estimate of drug-likeness (QED) is 0.759. The molecule has 15 heavy (non-hydrogen) atoms. The van der Waals surface area contributed by atoms with Gasteiger partial charge in [0, 0.05) is 11.2 Å². The van der Waals surface area contributed by atoms with Gasteiger partial charge in [-0.1, -0.05) is 22.9 Å². The molecular formula is C11H21BrO3. The van der Waals surface area contributed by atoms with Crippen LogP contribution >= 0.6 is 15.9 Å². The standard InChI is InChI=1S/C11H21BrO3/c1-3-8(12)11-5-4-9(13)10(14)6-7(2)15-11/h7-11,13-14H,3-6H2,1-2H3/t7-,8+,9-,10+,11+/m1/s1. The highest BCUT2D eigenvalue weighted by Crippen LogP contribution is 2.25. The molecule has 0 spiro atoms. The number of hydrogen-bond donors (Lipinski definition) is 2. The predicted molar refractivity (Wildman–Crippen MR) is 63.2 cm³/mol. The molecule has 1 aliphatic heterocycles. The monoisotopic (exact) mass is 280 g/mol. The fourth-order valence-corrected chi connectivity index (χ4v) is 2.36. The van der Waals surface area contributed by atoms with Crippen LogP contribution in [0, 0.1) is 0 Å². The minimum absolute atomic E-state index is 0.00606. The minimum Gasteiger partial charge on any atom is -0.390 e. The molecule has 5 atom stereocenters. The number of halogens is 1. The SMILES string of the molecule is CC[C@H](Br)[C@@H]1CC[C@@H](O)[C@@H](O)C[C@@H](C)O1. The van der Waals surface area contributed by atoms with E-state index in [9.17, 15) is 10.2 Å². The van der Waals surface area contributed by atoms with Crippen LogP contribution in [0.3, 0.4) is 0 Å². The van der Waals surface area contributed by atoms with Crippen molar-refractivity contribution in [2.75, 3.05) is 0 Å². The molecule has 3 nitrogen and oxygen atoms in total. The van der Waals surface area contributed by atoms with Gasteiger partial charge in [0.1, 0.15) is 0 Å². The van der Waals surface area contributed by atoms with Crippen molar-refractivity contribution in [3.63, 3.8) is 0 Å². The Morgan fingerprint density at radius 2 is 2.00 bits per heavy atom. The Hall–Kier alpha value is 0.360. The van der Waals surface area contributed by atoms with Gasteiger partial charge in [-0.2, -0.15) is 0 Å². The Kier molecular flexibility index (Phi) is 5.53. The number of hydrogen-bond acceptors (Lipinski definition) is 3. The molecular weight excluding hydrogens is 260 g/mol. The molecule has 0 saturated carbocycles. The first-order valence-corrected chi connectivity index (χ1v) is 6.61. The van der Waals surface area contributed by atoms with Crippen LogP contribution < -0.4 is 0 Å². The van der Waals surface area contributed by atoms with Gasteiger partial charge >= 0.3 is 0 Å². The van der Waals surface area contributed by atoms with Gasteiger partial charge in [0.25, 0.3) is 0 Å². The summed E-state index contributed by atoms with van der Waals surface area (Å²) in [4.78, 5) is 0.336. The van der Waals surface area contributed by atoms with Crippen molar-refractivity contribution in [1.29, 1.82) is 0 Å². The van der Waals surface area contributed by atoms with Crippen molar-refractivity contribution in [1.82, 2.24) is 0 Å². The molecule has 0 bridgehead atoms. The van der Waals surface area contributed by atoms with Crippen molar-refractivity contribution < 1.29 is 14.9 Å². The van der Waals surface area contributed by atoms with E-state index in [-0.39, 0.29) is 12.2 Å². The van der Waals surface area contributed by atoms with Gasteiger partial charge in [-0.15, -0.1) is 0 Å². The molecule has 0 aromatic carbocycles. The van der Waals surface area contributed by atoms with Crippen molar-refractivity contribution in [2.45, 2.75) is 68.8 Å². The zero-order valence-electron chi connectivity index (χ0n) is 9.40. The number of aliphatic hydroxyl groups is 2. The zero-order valence-corrected chi connectivity index (χ0v) is 11.0. The second-order valence-electron chi connectivity index (χ2n) is 4.36. The maximum absolute atomic E-state index is 9.65. The predicted octanol–water partition coefficient (Wildman–Crippen LogP) is 1.84.